The molecule has 0 heterocycles. The van der Waals surface area contributed by atoms with Crippen LogP contribution in [0.15, 0.2) is 34.8 Å². The zero-order valence-corrected chi connectivity index (χ0v) is 15.8. The van der Waals surface area contributed by atoms with Crippen LogP contribution in [0.1, 0.15) is 44.3 Å². The van der Waals surface area contributed by atoms with E-state index in [-0.39, 0.29) is 11.9 Å². The van der Waals surface area contributed by atoms with Crippen molar-refractivity contribution in [2.75, 3.05) is 11.9 Å². The number of rotatable bonds is 4. The Labute approximate surface area is 150 Å². The Hall–Kier alpha value is -2.14. The van der Waals surface area contributed by atoms with Gasteiger partial charge in [0.1, 0.15) is 0 Å². The second kappa shape index (κ2) is 7.62. The maximum atomic E-state index is 12.5. The molecule has 0 atom stereocenters. The van der Waals surface area contributed by atoms with E-state index in [2.05, 4.69) is 21.2 Å². The minimum atomic E-state index is -0.371. The van der Waals surface area contributed by atoms with E-state index in [0.717, 1.165) is 21.2 Å². The molecular formula is C19H20BrNO3. The zero-order chi connectivity index (χ0) is 17.9. The number of carbonyl (C=O) groups is 2. The van der Waals surface area contributed by atoms with Gasteiger partial charge >= 0.3 is 5.97 Å². The van der Waals surface area contributed by atoms with Gasteiger partial charge in [-0.3, -0.25) is 4.79 Å². The van der Waals surface area contributed by atoms with Gasteiger partial charge in [-0.1, -0.05) is 15.9 Å². The van der Waals surface area contributed by atoms with Crippen LogP contribution in [-0.4, -0.2) is 18.5 Å². The van der Waals surface area contributed by atoms with Crippen LogP contribution in [0.3, 0.4) is 0 Å². The summed E-state index contributed by atoms with van der Waals surface area (Å²) in [6.45, 7) is 8.05. The van der Waals surface area contributed by atoms with Crippen LogP contribution in [0.2, 0.25) is 0 Å². The van der Waals surface area contributed by atoms with Crippen LogP contribution in [0.25, 0.3) is 0 Å². The van der Waals surface area contributed by atoms with Crippen LogP contribution in [0.5, 0.6) is 0 Å². The summed E-state index contributed by atoms with van der Waals surface area (Å²) in [7, 11) is 0. The van der Waals surface area contributed by atoms with Crippen molar-refractivity contribution in [1.29, 1.82) is 0 Å². The summed E-state index contributed by atoms with van der Waals surface area (Å²) in [5.74, 6) is -0.551. The average Bonchev–Trinajstić information content (AvgIpc) is 2.57. The number of benzene rings is 2. The van der Waals surface area contributed by atoms with Crippen LogP contribution in [-0.2, 0) is 4.74 Å². The summed E-state index contributed by atoms with van der Waals surface area (Å²) in [6, 6.07) is 8.48. The third-order valence-corrected chi connectivity index (χ3v) is 4.88. The first-order valence-electron chi connectivity index (χ1n) is 7.70. The Morgan fingerprint density at radius 1 is 1.04 bits per heavy atom. The van der Waals surface area contributed by atoms with E-state index in [4.69, 9.17) is 4.74 Å². The highest BCUT2D eigenvalue weighted by atomic mass is 79.9. The lowest BCUT2D eigenvalue weighted by atomic mass is 9.98. The van der Waals surface area contributed by atoms with Gasteiger partial charge in [0.15, 0.2) is 0 Å². The van der Waals surface area contributed by atoms with Crippen LogP contribution in [0.4, 0.5) is 5.69 Å². The van der Waals surface area contributed by atoms with Gasteiger partial charge in [-0.05, 0) is 74.7 Å². The number of hydrogen-bond acceptors (Lipinski definition) is 3. The zero-order valence-electron chi connectivity index (χ0n) is 14.2. The normalized spacial score (nSPS) is 10.4. The number of esters is 1. The Kier molecular flexibility index (Phi) is 5.78. The summed E-state index contributed by atoms with van der Waals surface area (Å²) in [4.78, 5) is 24.2. The number of anilines is 1. The third-order valence-electron chi connectivity index (χ3n) is 4.06. The molecular weight excluding hydrogens is 370 g/mol. The molecule has 0 aromatic heterocycles. The number of ether oxygens (including phenoxy) is 1. The largest absolute Gasteiger partial charge is 0.462 e. The number of halogens is 1. The second-order valence-corrected chi connectivity index (χ2v) is 6.39. The highest BCUT2D eigenvalue weighted by molar-refractivity contribution is 9.10. The summed E-state index contributed by atoms with van der Waals surface area (Å²) < 4.78 is 5.85. The number of hydrogen-bond donors (Lipinski definition) is 1. The van der Waals surface area contributed by atoms with Crippen molar-refractivity contribution in [3.63, 3.8) is 0 Å². The molecule has 5 heteroatoms. The smallest absolute Gasteiger partial charge is 0.338 e. The molecule has 2 aromatic carbocycles. The molecule has 24 heavy (non-hydrogen) atoms. The Morgan fingerprint density at radius 3 is 2.25 bits per heavy atom. The van der Waals surface area contributed by atoms with Gasteiger partial charge in [-0.2, -0.15) is 0 Å². The standard InChI is InChI=1S/C19H20BrNO3/c1-5-24-19(23)14-6-8-15(9-7-14)21-18(22)16-10-17(20)13(4)11(2)12(16)3/h6-10H,5H2,1-4H3,(H,21,22). The van der Waals surface area contributed by atoms with Gasteiger partial charge in [0, 0.05) is 15.7 Å². The number of nitrogens with one attached hydrogen (secondary N) is 1. The van der Waals surface area contributed by atoms with Gasteiger partial charge in [0.25, 0.3) is 5.91 Å². The minimum Gasteiger partial charge on any atom is -0.462 e. The van der Waals surface area contributed by atoms with Gasteiger partial charge in [0.2, 0.25) is 0 Å². The first-order valence-corrected chi connectivity index (χ1v) is 8.49. The first-order chi connectivity index (χ1) is 11.3. The fourth-order valence-corrected chi connectivity index (χ4v) is 2.87. The molecule has 0 bridgehead atoms. The van der Waals surface area contributed by atoms with E-state index >= 15 is 0 Å². The monoisotopic (exact) mass is 389 g/mol. The maximum absolute atomic E-state index is 12.5. The highest BCUT2D eigenvalue weighted by Gasteiger charge is 2.15. The van der Waals surface area contributed by atoms with Gasteiger partial charge < -0.3 is 10.1 Å². The fourth-order valence-electron chi connectivity index (χ4n) is 2.34. The molecule has 1 amide bonds. The second-order valence-electron chi connectivity index (χ2n) is 5.53. The maximum Gasteiger partial charge on any atom is 0.338 e. The molecule has 0 saturated heterocycles. The van der Waals surface area contributed by atoms with E-state index in [1.165, 1.54) is 0 Å². The summed E-state index contributed by atoms with van der Waals surface area (Å²) >= 11 is 3.49. The first kappa shape index (κ1) is 18.2. The molecule has 0 aliphatic heterocycles. The third kappa shape index (κ3) is 3.85. The lowest BCUT2D eigenvalue weighted by Gasteiger charge is -2.13. The van der Waals surface area contributed by atoms with E-state index in [1.807, 2.05) is 26.8 Å². The molecule has 126 valence electrons. The van der Waals surface area contributed by atoms with Crippen molar-refractivity contribution in [1.82, 2.24) is 0 Å². The van der Waals surface area contributed by atoms with Gasteiger partial charge in [-0.15, -0.1) is 0 Å². The molecule has 0 aliphatic rings. The molecule has 0 radical (unpaired) electrons. The molecule has 0 fully saturated rings. The lowest BCUT2D eigenvalue weighted by molar-refractivity contribution is 0.0526. The van der Waals surface area contributed by atoms with Crippen LogP contribution >= 0.6 is 15.9 Å². The Bertz CT molecular complexity index is 782. The van der Waals surface area contributed by atoms with Gasteiger partial charge in [-0.25, -0.2) is 4.79 Å². The molecule has 0 unspecified atom stereocenters. The molecule has 0 saturated carbocycles. The van der Waals surface area contributed by atoms with E-state index in [9.17, 15) is 9.59 Å². The molecule has 4 nitrogen and oxygen atoms in total. The summed E-state index contributed by atoms with van der Waals surface area (Å²) in [5, 5.41) is 2.86. The average molecular weight is 390 g/mol. The van der Waals surface area contributed by atoms with E-state index in [1.54, 1.807) is 31.2 Å². The minimum absolute atomic E-state index is 0.180. The summed E-state index contributed by atoms with van der Waals surface area (Å²) in [6.07, 6.45) is 0. The molecule has 0 aliphatic carbocycles. The quantitative estimate of drug-likeness (QED) is 0.763. The van der Waals surface area contributed by atoms with E-state index in [0.29, 0.717) is 23.4 Å². The predicted octanol–water partition coefficient (Wildman–Crippen LogP) is 4.80. The lowest BCUT2D eigenvalue weighted by Crippen LogP contribution is -2.15. The highest BCUT2D eigenvalue weighted by Crippen LogP contribution is 2.26. The molecule has 1 N–H and O–H groups in total. The topological polar surface area (TPSA) is 55.4 Å². The molecule has 2 rings (SSSR count). The van der Waals surface area contributed by atoms with Crippen molar-refractivity contribution < 1.29 is 14.3 Å². The van der Waals surface area contributed by atoms with Crippen molar-refractivity contribution in [3.05, 3.63) is 62.6 Å². The Balaban J connectivity index is 2.20. The fraction of sp³-hybridized carbons (Fsp3) is 0.263. The Morgan fingerprint density at radius 2 is 1.67 bits per heavy atom. The van der Waals surface area contributed by atoms with Crippen LogP contribution < -0.4 is 5.32 Å². The number of amides is 1. The number of carbonyl (C=O) groups excluding carboxylic acids is 2. The van der Waals surface area contributed by atoms with Crippen molar-refractivity contribution >= 4 is 33.5 Å². The van der Waals surface area contributed by atoms with Crippen LogP contribution in [0, 0.1) is 20.8 Å². The van der Waals surface area contributed by atoms with Crippen molar-refractivity contribution in [3.8, 4) is 0 Å². The summed E-state index contributed by atoms with van der Waals surface area (Å²) in [5.41, 5.74) is 4.88. The predicted molar refractivity (Wildman–Crippen MR) is 98.7 cm³/mol. The van der Waals surface area contributed by atoms with Crippen molar-refractivity contribution in [2.45, 2.75) is 27.7 Å². The van der Waals surface area contributed by atoms with Crippen molar-refractivity contribution in [2.24, 2.45) is 0 Å². The SMILES string of the molecule is CCOC(=O)c1ccc(NC(=O)c2cc(Br)c(C)c(C)c2C)cc1. The van der Waals surface area contributed by atoms with E-state index < -0.39 is 0 Å². The molecule has 0 spiro atoms. The van der Waals surface area contributed by atoms with Gasteiger partial charge in [0.05, 0.1) is 12.2 Å². The molecule has 2 aromatic rings.